The molecule has 208 valence electrons. The minimum Gasteiger partial charge on any atom is -0.391 e. The number of aliphatic imine (C=N–C) groups is 1. The normalized spacial score (nSPS) is 17.9. The zero-order valence-electron chi connectivity index (χ0n) is 21.8. The molecular weight excluding hydrogens is 554 g/mol. The highest BCUT2D eigenvalue weighted by Gasteiger charge is 2.29. The number of hydrogen-bond donors (Lipinski definition) is 3. The van der Waals surface area contributed by atoms with Gasteiger partial charge in [0.05, 0.1) is 39.0 Å². The molecule has 2 aromatic heterocycles. The largest absolute Gasteiger partial charge is 0.391 e. The second kappa shape index (κ2) is 11.8. The number of thiophene rings is 1. The van der Waals surface area contributed by atoms with Crippen LogP contribution in [-0.2, 0) is 17.8 Å². The zero-order chi connectivity index (χ0) is 28.4. The van der Waals surface area contributed by atoms with Gasteiger partial charge in [0, 0.05) is 44.1 Å². The van der Waals surface area contributed by atoms with Crippen LogP contribution >= 0.6 is 22.9 Å². The third-order valence-electron chi connectivity index (χ3n) is 7.40. The first kappa shape index (κ1) is 27.8. The van der Waals surface area contributed by atoms with Gasteiger partial charge in [0.2, 0.25) is 5.96 Å². The second-order valence-electron chi connectivity index (χ2n) is 10.0. The van der Waals surface area contributed by atoms with E-state index in [-0.39, 0.29) is 35.6 Å². The number of halogens is 1. The fourth-order valence-corrected chi connectivity index (χ4v) is 6.66. The Morgan fingerprint density at radius 2 is 2.23 bits per heavy atom. The molecule has 13 heteroatoms. The standard InChI is InChI=1S/C27H28ClN7O4S/c1-15-19-3-5-34(26(39)23-8-21-24(40-23)10-32-33-21)11-17(19)7-20(28)25(15)22(38)6-16(13-36)9-30-27(31-14-29)35-4-2-18(37)12-35/h7-8,10,13,16,18,37H,2-6,9,11-12H2,1H3,(H,30,31)(H,32,33)/t16-,18-/m0/s1. The number of ketones is 1. The second-order valence-corrected chi connectivity index (χ2v) is 11.5. The average Bonchev–Trinajstić information content (AvgIpc) is 3.66. The molecule has 11 nitrogen and oxygen atoms in total. The number of guanidine groups is 1. The first-order valence-corrected chi connectivity index (χ1v) is 14.1. The molecule has 0 radical (unpaired) electrons. The summed E-state index contributed by atoms with van der Waals surface area (Å²) in [4.78, 5) is 46.9. The fraction of sp³-hybridized carbons (Fsp3) is 0.407. The Labute approximate surface area is 239 Å². The SMILES string of the molecule is Cc1c2c(cc(Cl)c1C(=O)C[C@H](C=O)CN=C(NC#N)N1CC[C@H](O)C1)CN(C(=O)c1cc3[nH]ncc3s1)CC2. The van der Waals surface area contributed by atoms with Crippen LogP contribution < -0.4 is 5.32 Å². The lowest BCUT2D eigenvalue weighted by Crippen LogP contribution is -2.38. The van der Waals surface area contributed by atoms with Gasteiger partial charge in [-0.05, 0) is 48.6 Å². The van der Waals surface area contributed by atoms with Gasteiger partial charge < -0.3 is 19.7 Å². The number of likely N-dealkylation sites (tertiary alicyclic amines) is 1. The minimum absolute atomic E-state index is 0.0120. The molecule has 1 saturated heterocycles. The van der Waals surface area contributed by atoms with E-state index in [1.54, 1.807) is 22.1 Å². The maximum absolute atomic E-state index is 13.4. The molecular formula is C27H28ClN7O4S. The Kier molecular flexibility index (Phi) is 8.16. The Balaban J connectivity index is 1.29. The molecule has 2 atom stereocenters. The number of amides is 1. The Bertz CT molecular complexity index is 1510. The molecule has 0 unspecified atom stereocenters. The summed E-state index contributed by atoms with van der Waals surface area (Å²) < 4.78 is 0.925. The van der Waals surface area contributed by atoms with Crippen molar-refractivity contribution in [3.8, 4) is 6.19 Å². The highest BCUT2D eigenvalue weighted by atomic mass is 35.5. The van der Waals surface area contributed by atoms with Gasteiger partial charge >= 0.3 is 0 Å². The average molecular weight is 582 g/mol. The number of carbonyl (C=O) groups is 3. The van der Waals surface area contributed by atoms with Crippen LogP contribution in [0.3, 0.4) is 0 Å². The Hall–Kier alpha value is -3.79. The van der Waals surface area contributed by atoms with E-state index in [1.807, 2.05) is 19.2 Å². The van der Waals surface area contributed by atoms with Crippen molar-refractivity contribution in [3.05, 3.63) is 50.5 Å². The van der Waals surface area contributed by atoms with Crippen LogP contribution in [0.4, 0.5) is 0 Å². The van der Waals surface area contributed by atoms with Crippen LogP contribution in [0.2, 0.25) is 5.02 Å². The van der Waals surface area contributed by atoms with Crippen molar-refractivity contribution in [1.29, 1.82) is 5.26 Å². The van der Waals surface area contributed by atoms with Crippen LogP contribution in [0, 0.1) is 24.3 Å². The lowest BCUT2D eigenvalue weighted by Gasteiger charge is -2.30. The van der Waals surface area contributed by atoms with Crippen LogP contribution in [0.25, 0.3) is 10.2 Å². The number of nitrogens with zero attached hydrogens (tertiary/aromatic N) is 5. The summed E-state index contributed by atoms with van der Waals surface area (Å²) in [6.45, 7) is 3.64. The van der Waals surface area contributed by atoms with E-state index in [4.69, 9.17) is 16.9 Å². The number of aldehydes is 1. The highest BCUT2D eigenvalue weighted by Crippen LogP contribution is 2.33. The van der Waals surface area contributed by atoms with Gasteiger partial charge in [-0.15, -0.1) is 11.3 Å². The van der Waals surface area contributed by atoms with Crippen molar-refractivity contribution < 1.29 is 19.5 Å². The number of aliphatic hydroxyl groups is 1. The predicted octanol–water partition coefficient (Wildman–Crippen LogP) is 2.67. The topological polar surface area (TPSA) is 155 Å². The number of rotatable bonds is 7. The van der Waals surface area contributed by atoms with Gasteiger partial charge in [-0.3, -0.25) is 25.0 Å². The summed E-state index contributed by atoms with van der Waals surface area (Å²) in [6, 6.07) is 3.56. The van der Waals surface area contributed by atoms with E-state index in [2.05, 4.69) is 20.5 Å². The van der Waals surface area contributed by atoms with Gasteiger partial charge in [-0.1, -0.05) is 11.6 Å². The van der Waals surface area contributed by atoms with Crippen molar-refractivity contribution in [2.45, 2.75) is 38.8 Å². The van der Waals surface area contributed by atoms with E-state index in [0.29, 0.717) is 55.7 Å². The molecule has 4 heterocycles. The third-order valence-corrected chi connectivity index (χ3v) is 8.75. The molecule has 0 spiro atoms. The first-order valence-electron chi connectivity index (χ1n) is 12.9. The molecule has 1 aromatic carbocycles. The van der Waals surface area contributed by atoms with E-state index in [0.717, 1.165) is 26.9 Å². The van der Waals surface area contributed by atoms with Crippen molar-refractivity contribution >= 4 is 57.1 Å². The molecule has 5 rings (SSSR count). The first-order chi connectivity index (χ1) is 19.3. The lowest BCUT2D eigenvalue weighted by atomic mass is 9.88. The fourth-order valence-electron chi connectivity index (χ4n) is 5.33. The number of aromatic amines is 1. The number of Topliss-reactive ketones (excluding diaryl/α,β-unsaturated/α-hetero) is 1. The smallest absolute Gasteiger partial charge is 0.264 e. The summed E-state index contributed by atoms with van der Waals surface area (Å²) in [5.41, 5.74) is 3.88. The van der Waals surface area contributed by atoms with E-state index in [9.17, 15) is 19.5 Å². The third kappa shape index (κ3) is 5.58. The van der Waals surface area contributed by atoms with E-state index < -0.39 is 12.0 Å². The van der Waals surface area contributed by atoms with Gasteiger partial charge in [0.25, 0.3) is 5.91 Å². The number of carbonyl (C=O) groups excluding carboxylic acids is 3. The maximum atomic E-state index is 13.4. The number of hydrogen-bond acceptors (Lipinski definition) is 8. The molecule has 0 saturated carbocycles. The van der Waals surface area contributed by atoms with Gasteiger partial charge in [0.1, 0.15) is 6.29 Å². The quantitative estimate of drug-likeness (QED) is 0.0960. The minimum atomic E-state index is -0.706. The number of benzene rings is 1. The molecule has 3 aromatic rings. The van der Waals surface area contributed by atoms with Crippen molar-refractivity contribution in [1.82, 2.24) is 25.3 Å². The van der Waals surface area contributed by atoms with E-state index >= 15 is 0 Å². The van der Waals surface area contributed by atoms with Crippen LogP contribution in [0.5, 0.6) is 0 Å². The molecule has 1 amide bonds. The lowest BCUT2D eigenvalue weighted by molar-refractivity contribution is -0.110. The summed E-state index contributed by atoms with van der Waals surface area (Å²) in [5.74, 6) is -0.749. The number of β-amino-alcohol motifs (C(OH)–C–C–N with tert-alkyl or cyclic N) is 1. The summed E-state index contributed by atoms with van der Waals surface area (Å²) in [6.07, 6.45) is 4.78. The molecule has 2 aliphatic rings. The number of fused-ring (bicyclic) bond motifs is 2. The van der Waals surface area contributed by atoms with Gasteiger partial charge in [-0.25, -0.2) is 0 Å². The molecule has 40 heavy (non-hydrogen) atoms. The van der Waals surface area contributed by atoms with Crippen molar-refractivity contribution in [2.75, 3.05) is 26.2 Å². The van der Waals surface area contributed by atoms with Crippen LogP contribution in [0.1, 0.15) is 49.6 Å². The van der Waals surface area contributed by atoms with Crippen LogP contribution in [-0.4, -0.2) is 81.3 Å². The Morgan fingerprint density at radius 3 is 2.92 bits per heavy atom. The predicted molar refractivity (Wildman–Crippen MR) is 150 cm³/mol. The Morgan fingerprint density at radius 1 is 1.40 bits per heavy atom. The highest BCUT2D eigenvalue weighted by molar-refractivity contribution is 7.20. The van der Waals surface area contributed by atoms with Gasteiger partial charge in [-0.2, -0.15) is 10.4 Å². The van der Waals surface area contributed by atoms with Crippen molar-refractivity contribution in [2.24, 2.45) is 10.9 Å². The number of aromatic nitrogens is 2. The van der Waals surface area contributed by atoms with Crippen molar-refractivity contribution in [3.63, 3.8) is 0 Å². The number of nitrogens with one attached hydrogen (secondary N) is 2. The van der Waals surface area contributed by atoms with E-state index in [1.165, 1.54) is 11.3 Å². The molecule has 0 bridgehead atoms. The molecule has 3 N–H and O–H groups in total. The molecule has 1 fully saturated rings. The molecule has 0 aliphatic carbocycles. The monoisotopic (exact) mass is 581 g/mol. The maximum Gasteiger partial charge on any atom is 0.264 e. The molecule has 2 aliphatic heterocycles. The summed E-state index contributed by atoms with van der Waals surface area (Å²) in [7, 11) is 0. The number of nitriles is 1. The summed E-state index contributed by atoms with van der Waals surface area (Å²) >= 11 is 8.01. The number of H-pyrrole nitrogens is 1. The van der Waals surface area contributed by atoms with Gasteiger partial charge in [0.15, 0.2) is 12.0 Å². The summed E-state index contributed by atoms with van der Waals surface area (Å²) in [5, 5.41) is 28.5. The zero-order valence-corrected chi connectivity index (χ0v) is 23.4. The number of aliphatic hydroxyl groups excluding tert-OH is 1. The van der Waals surface area contributed by atoms with Crippen LogP contribution in [0.15, 0.2) is 23.3 Å².